The van der Waals surface area contributed by atoms with Gasteiger partial charge in [0.1, 0.15) is 0 Å². The van der Waals surface area contributed by atoms with Gasteiger partial charge in [0.05, 0.1) is 12.2 Å². The summed E-state index contributed by atoms with van der Waals surface area (Å²) in [5.41, 5.74) is 4.55. The fraction of sp³-hybridized carbons (Fsp3) is 0.500. The molecule has 25 heavy (non-hydrogen) atoms. The number of aromatic amines is 1. The van der Waals surface area contributed by atoms with E-state index in [0.29, 0.717) is 6.54 Å². The largest absolute Gasteiger partial charge is 0.357 e. The van der Waals surface area contributed by atoms with Gasteiger partial charge in [-0.25, -0.2) is 12.7 Å². The van der Waals surface area contributed by atoms with Crippen LogP contribution in [-0.2, 0) is 21.2 Å². The van der Waals surface area contributed by atoms with Crippen molar-refractivity contribution in [3.05, 3.63) is 35.0 Å². The zero-order chi connectivity index (χ0) is 18.2. The molecule has 0 fully saturated rings. The van der Waals surface area contributed by atoms with Gasteiger partial charge in [-0.3, -0.25) is 4.79 Å². The standard InChI is InChI=1S/C18H25N3O3S/c1-12-7-8-16-15(11-12)13-5-4-6-14(17(13)20-16)18(22)19-9-10-21(2)25(3,23)24/h7-8,11,14,20H,4-6,9-10H2,1-3H3,(H,19,22)/t14-/m0/s1. The Kier molecular flexibility index (Phi) is 4.88. The Hall–Kier alpha value is -1.86. The molecule has 0 radical (unpaired) electrons. The molecular formula is C18H25N3O3S. The molecular weight excluding hydrogens is 338 g/mol. The number of nitrogens with one attached hydrogen (secondary N) is 2. The fourth-order valence-electron chi connectivity index (χ4n) is 3.46. The molecule has 2 N–H and O–H groups in total. The summed E-state index contributed by atoms with van der Waals surface area (Å²) in [6.07, 6.45) is 3.94. The Morgan fingerprint density at radius 2 is 2.16 bits per heavy atom. The molecule has 0 saturated carbocycles. The summed E-state index contributed by atoms with van der Waals surface area (Å²) in [4.78, 5) is 16.1. The first kappa shape index (κ1) is 17.9. The highest BCUT2D eigenvalue weighted by molar-refractivity contribution is 7.88. The van der Waals surface area contributed by atoms with Crippen LogP contribution < -0.4 is 5.32 Å². The molecule has 1 aromatic carbocycles. The van der Waals surface area contributed by atoms with Crippen LogP contribution in [0, 0.1) is 6.92 Å². The quantitative estimate of drug-likeness (QED) is 0.851. The first-order chi connectivity index (χ1) is 11.8. The van der Waals surface area contributed by atoms with Crippen LogP contribution in [0.15, 0.2) is 18.2 Å². The number of benzene rings is 1. The number of sulfonamides is 1. The summed E-state index contributed by atoms with van der Waals surface area (Å²) in [7, 11) is -1.71. The van der Waals surface area contributed by atoms with E-state index in [9.17, 15) is 13.2 Å². The maximum atomic E-state index is 12.6. The first-order valence-electron chi connectivity index (χ1n) is 8.57. The van der Waals surface area contributed by atoms with Gasteiger partial charge in [-0.2, -0.15) is 0 Å². The van der Waals surface area contributed by atoms with E-state index in [1.54, 1.807) is 0 Å². The molecule has 136 valence electrons. The minimum atomic E-state index is -3.22. The van der Waals surface area contributed by atoms with Gasteiger partial charge in [0.15, 0.2) is 0 Å². The molecule has 0 unspecified atom stereocenters. The molecule has 7 heteroatoms. The van der Waals surface area contributed by atoms with Crippen LogP contribution in [0.3, 0.4) is 0 Å². The third kappa shape index (κ3) is 3.72. The van der Waals surface area contributed by atoms with Gasteiger partial charge in [0.25, 0.3) is 0 Å². The van der Waals surface area contributed by atoms with Crippen molar-refractivity contribution in [3.63, 3.8) is 0 Å². The first-order valence-corrected chi connectivity index (χ1v) is 10.4. The van der Waals surface area contributed by atoms with E-state index in [1.165, 1.54) is 27.9 Å². The minimum absolute atomic E-state index is 0.0360. The number of H-pyrrole nitrogens is 1. The van der Waals surface area contributed by atoms with Crippen LogP contribution >= 0.6 is 0 Å². The van der Waals surface area contributed by atoms with E-state index < -0.39 is 10.0 Å². The Morgan fingerprint density at radius 3 is 2.88 bits per heavy atom. The number of aryl methyl sites for hydroxylation is 2. The van der Waals surface area contributed by atoms with E-state index >= 15 is 0 Å². The highest BCUT2D eigenvalue weighted by Crippen LogP contribution is 2.36. The van der Waals surface area contributed by atoms with Crippen LogP contribution in [0.1, 0.15) is 35.6 Å². The molecule has 0 bridgehead atoms. The van der Waals surface area contributed by atoms with Crippen molar-refractivity contribution >= 4 is 26.8 Å². The molecule has 0 spiro atoms. The number of amides is 1. The van der Waals surface area contributed by atoms with Gasteiger partial charge >= 0.3 is 0 Å². The normalized spacial score (nSPS) is 17.7. The van der Waals surface area contributed by atoms with Gasteiger partial charge in [-0.15, -0.1) is 0 Å². The Labute approximate surface area is 148 Å². The summed E-state index contributed by atoms with van der Waals surface area (Å²) < 4.78 is 24.1. The fourth-order valence-corrected chi connectivity index (χ4v) is 3.89. The molecule has 0 aliphatic heterocycles. The number of likely N-dealkylation sites (N-methyl/N-ethyl adjacent to an activating group) is 1. The maximum absolute atomic E-state index is 12.6. The van der Waals surface area contributed by atoms with Gasteiger partial charge in [-0.05, 0) is 43.9 Å². The van der Waals surface area contributed by atoms with Crippen LogP contribution in [0.4, 0.5) is 0 Å². The van der Waals surface area contributed by atoms with Crippen LogP contribution in [0.5, 0.6) is 0 Å². The molecule has 2 aromatic rings. The number of aromatic nitrogens is 1. The smallest absolute Gasteiger partial charge is 0.229 e. The van der Waals surface area contributed by atoms with Crippen molar-refractivity contribution in [2.45, 2.75) is 32.1 Å². The maximum Gasteiger partial charge on any atom is 0.229 e. The summed E-state index contributed by atoms with van der Waals surface area (Å²) in [6, 6.07) is 6.31. The average Bonchev–Trinajstić information content (AvgIpc) is 2.91. The average molecular weight is 363 g/mol. The van der Waals surface area contributed by atoms with Crippen molar-refractivity contribution < 1.29 is 13.2 Å². The number of nitrogens with zero attached hydrogens (tertiary/aromatic N) is 1. The summed E-state index contributed by atoms with van der Waals surface area (Å²) in [5, 5.41) is 4.10. The predicted octanol–water partition coefficient (Wildman–Crippen LogP) is 1.90. The van der Waals surface area contributed by atoms with Gasteiger partial charge in [0.2, 0.25) is 15.9 Å². The number of hydrogen-bond acceptors (Lipinski definition) is 3. The van der Waals surface area contributed by atoms with Crippen molar-refractivity contribution in [2.75, 3.05) is 26.4 Å². The molecule has 1 aliphatic carbocycles. The van der Waals surface area contributed by atoms with Crippen molar-refractivity contribution in [1.82, 2.24) is 14.6 Å². The van der Waals surface area contributed by atoms with Gasteiger partial charge < -0.3 is 10.3 Å². The summed E-state index contributed by atoms with van der Waals surface area (Å²) in [6.45, 7) is 2.66. The van der Waals surface area contributed by atoms with E-state index in [2.05, 4.69) is 35.4 Å². The Morgan fingerprint density at radius 1 is 1.40 bits per heavy atom. The third-order valence-electron chi connectivity index (χ3n) is 4.97. The van der Waals surface area contributed by atoms with E-state index in [0.717, 1.165) is 36.7 Å². The Balaban J connectivity index is 1.74. The highest BCUT2D eigenvalue weighted by atomic mass is 32.2. The topological polar surface area (TPSA) is 82.3 Å². The van der Waals surface area contributed by atoms with E-state index in [-0.39, 0.29) is 18.4 Å². The molecule has 1 atom stereocenters. The zero-order valence-electron chi connectivity index (χ0n) is 14.9. The molecule has 1 aromatic heterocycles. The molecule has 1 aliphatic rings. The highest BCUT2D eigenvalue weighted by Gasteiger charge is 2.29. The molecule has 3 rings (SSSR count). The predicted molar refractivity (Wildman–Crippen MR) is 99.2 cm³/mol. The van der Waals surface area contributed by atoms with Crippen LogP contribution in [0.25, 0.3) is 10.9 Å². The van der Waals surface area contributed by atoms with Crippen molar-refractivity contribution in [2.24, 2.45) is 0 Å². The van der Waals surface area contributed by atoms with Crippen LogP contribution in [0.2, 0.25) is 0 Å². The lowest BCUT2D eigenvalue weighted by molar-refractivity contribution is -0.122. The lowest BCUT2D eigenvalue weighted by Crippen LogP contribution is -2.38. The molecule has 1 amide bonds. The lowest BCUT2D eigenvalue weighted by Gasteiger charge is -2.22. The molecule has 1 heterocycles. The lowest BCUT2D eigenvalue weighted by atomic mass is 9.86. The van der Waals surface area contributed by atoms with E-state index in [4.69, 9.17) is 0 Å². The monoisotopic (exact) mass is 363 g/mol. The Bertz CT molecular complexity index is 902. The number of carbonyl (C=O) groups excluding carboxylic acids is 1. The zero-order valence-corrected chi connectivity index (χ0v) is 15.7. The van der Waals surface area contributed by atoms with Gasteiger partial charge in [-0.1, -0.05) is 11.6 Å². The second kappa shape index (κ2) is 6.80. The number of fused-ring (bicyclic) bond motifs is 3. The van der Waals surface area contributed by atoms with Crippen molar-refractivity contribution in [1.29, 1.82) is 0 Å². The summed E-state index contributed by atoms with van der Waals surface area (Å²) >= 11 is 0. The SMILES string of the molecule is Cc1ccc2[nH]c3c(c2c1)CCC[C@@H]3C(=O)NCCN(C)S(C)(=O)=O. The summed E-state index contributed by atoms with van der Waals surface area (Å²) in [5.74, 6) is -0.230. The number of carbonyl (C=O) groups is 1. The number of hydrogen-bond donors (Lipinski definition) is 2. The van der Waals surface area contributed by atoms with Crippen LogP contribution in [-0.4, -0.2) is 50.0 Å². The van der Waals surface area contributed by atoms with Crippen molar-refractivity contribution in [3.8, 4) is 0 Å². The second-order valence-corrected chi connectivity index (χ2v) is 8.98. The minimum Gasteiger partial charge on any atom is -0.357 e. The van der Waals surface area contributed by atoms with Gasteiger partial charge in [0, 0.05) is 36.7 Å². The third-order valence-corrected chi connectivity index (χ3v) is 6.29. The van der Waals surface area contributed by atoms with E-state index in [1.807, 2.05) is 0 Å². The second-order valence-electron chi connectivity index (χ2n) is 6.89. The number of rotatable bonds is 5. The molecule has 0 saturated heterocycles. The molecule has 6 nitrogen and oxygen atoms in total.